The third kappa shape index (κ3) is 3.41. The molecule has 0 atom stereocenters. The Kier molecular flexibility index (Phi) is 5.64. The van der Waals surface area contributed by atoms with Gasteiger partial charge in [0.15, 0.2) is 11.6 Å². The molecule has 1 aliphatic carbocycles. The molecule has 3 N–H and O–H groups in total. The fourth-order valence-electron chi connectivity index (χ4n) is 4.99. The normalized spacial score (nSPS) is 19.1. The standard InChI is InChI=1S/C25H27F2N3O3S/c1-12-16-9-17(26)21(29-8-4-5-14(11-29)18(27)10-28)23(33-3)20(16)30(15-6-7-15)25-19(12)22(32)24(34-25)13(2)31/h9,15,31H,1,4-8,10-11,28H2,2-3H3/b18-14+,24-13+. The number of rotatable bonds is 4. The number of methoxy groups -OCH3 is 1. The fourth-order valence-corrected chi connectivity index (χ4v) is 6.18. The Labute approximate surface area is 198 Å². The summed E-state index contributed by atoms with van der Waals surface area (Å²) in [6, 6.07) is 1.53. The molecular weight excluding hydrogens is 460 g/mol. The first-order chi connectivity index (χ1) is 16.3. The molecule has 1 saturated heterocycles. The van der Waals surface area contributed by atoms with Gasteiger partial charge in [-0.15, -0.1) is 11.3 Å². The van der Waals surface area contributed by atoms with Gasteiger partial charge in [-0.25, -0.2) is 8.78 Å². The summed E-state index contributed by atoms with van der Waals surface area (Å²) in [5.74, 6) is -0.580. The number of aliphatic hydroxyl groups excluding tert-OH is 1. The van der Waals surface area contributed by atoms with Gasteiger partial charge in [-0.1, -0.05) is 6.58 Å². The van der Waals surface area contributed by atoms with Crippen molar-refractivity contribution in [2.24, 2.45) is 5.73 Å². The maximum atomic E-state index is 15.7. The summed E-state index contributed by atoms with van der Waals surface area (Å²) in [5.41, 5.74) is 6.72. The van der Waals surface area contributed by atoms with Gasteiger partial charge in [0, 0.05) is 31.1 Å². The molecule has 0 spiro atoms. The highest BCUT2D eigenvalue weighted by atomic mass is 32.1. The van der Waals surface area contributed by atoms with Crippen molar-refractivity contribution in [1.82, 2.24) is 4.57 Å². The highest BCUT2D eigenvalue weighted by Gasteiger charge is 2.32. The molecular formula is C25H27F2N3O3S. The molecule has 3 heterocycles. The lowest BCUT2D eigenvalue weighted by Crippen LogP contribution is -2.33. The second-order valence-corrected chi connectivity index (χ2v) is 9.98. The van der Waals surface area contributed by atoms with Crippen molar-refractivity contribution in [3.63, 3.8) is 0 Å². The minimum Gasteiger partial charge on any atom is -0.511 e. The van der Waals surface area contributed by atoms with Gasteiger partial charge in [0.2, 0.25) is 5.43 Å². The monoisotopic (exact) mass is 487 g/mol. The van der Waals surface area contributed by atoms with Gasteiger partial charge in [-0.3, -0.25) is 4.79 Å². The number of aromatic nitrogens is 1. The molecule has 9 heteroatoms. The molecule has 2 fully saturated rings. The highest BCUT2D eigenvalue weighted by Crippen LogP contribution is 2.44. The number of hydrogen-bond donors (Lipinski definition) is 2. The largest absolute Gasteiger partial charge is 0.511 e. The van der Waals surface area contributed by atoms with Gasteiger partial charge in [-0.2, -0.15) is 0 Å². The first kappa shape index (κ1) is 22.9. The number of aliphatic hydroxyl groups is 1. The Morgan fingerprint density at radius 3 is 2.76 bits per heavy atom. The second-order valence-electron chi connectivity index (χ2n) is 8.98. The molecule has 5 rings (SSSR count). The summed E-state index contributed by atoms with van der Waals surface area (Å²) in [5, 5.41) is 11.4. The Balaban J connectivity index is 1.89. The van der Waals surface area contributed by atoms with Crippen LogP contribution in [0.5, 0.6) is 5.75 Å². The Morgan fingerprint density at radius 2 is 2.15 bits per heavy atom. The van der Waals surface area contributed by atoms with E-state index in [0.717, 1.165) is 12.8 Å². The fraction of sp³-hybridized carbons (Fsp3) is 0.400. The number of nitrogens with zero attached hydrogens (tertiary/aromatic N) is 2. The van der Waals surface area contributed by atoms with E-state index < -0.39 is 5.82 Å². The lowest BCUT2D eigenvalue weighted by molar-refractivity contribution is 0.412. The van der Waals surface area contributed by atoms with E-state index in [1.54, 1.807) is 4.90 Å². The van der Waals surface area contributed by atoms with E-state index in [0.29, 0.717) is 56.7 Å². The van der Waals surface area contributed by atoms with Crippen LogP contribution in [0.25, 0.3) is 23.2 Å². The van der Waals surface area contributed by atoms with Gasteiger partial charge in [0.25, 0.3) is 0 Å². The lowest BCUT2D eigenvalue weighted by atomic mass is 10.0. The summed E-state index contributed by atoms with van der Waals surface area (Å²) in [7, 11) is 1.49. The SMILES string of the molecule is C=c1c2c(=O)/c(=C(/C)O)sc=2n(C2CC2)c2c(OC)c(N3CCC/C(=C(\F)CN)C3)c(F)cc12. The van der Waals surface area contributed by atoms with E-state index in [1.807, 2.05) is 4.57 Å². The zero-order valence-corrected chi connectivity index (χ0v) is 20.0. The van der Waals surface area contributed by atoms with Crippen LogP contribution in [0, 0.1) is 15.7 Å². The van der Waals surface area contributed by atoms with Crippen LogP contribution in [0.2, 0.25) is 0 Å². The molecule has 0 bridgehead atoms. The van der Waals surface area contributed by atoms with Gasteiger partial charge >= 0.3 is 0 Å². The molecule has 0 radical (unpaired) electrons. The van der Waals surface area contributed by atoms with Crippen molar-refractivity contribution in [1.29, 1.82) is 0 Å². The van der Waals surface area contributed by atoms with Crippen LogP contribution >= 0.6 is 11.3 Å². The van der Waals surface area contributed by atoms with Crippen LogP contribution in [-0.2, 0) is 0 Å². The average Bonchev–Trinajstić information content (AvgIpc) is 3.60. The van der Waals surface area contributed by atoms with E-state index in [9.17, 15) is 14.3 Å². The number of hydrogen-bond acceptors (Lipinski definition) is 6. The second kappa shape index (κ2) is 8.39. The van der Waals surface area contributed by atoms with Crippen LogP contribution in [-0.4, -0.2) is 36.4 Å². The van der Waals surface area contributed by atoms with Gasteiger partial charge < -0.3 is 25.0 Å². The van der Waals surface area contributed by atoms with Crippen molar-refractivity contribution >= 4 is 40.3 Å². The summed E-state index contributed by atoms with van der Waals surface area (Å²) < 4.78 is 38.8. The quantitative estimate of drug-likeness (QED) is 0.591. The number of ether oxygens (including phenoxy) is 1. The molecule has 3 aliphatic heterocycles. The smallest absolute Gasteiger partial charge is 0.209 e. The van der Waals surface area contributed by atoms with Crippen LogP contribution in [0.15, 0.2) is 22.3 Å². The van der Waals surface area contributed by atoms with Gasteiger partial charge in [-0.05, 0) is 49.5 Å². The van der Waals surface area contributed by atoms with E-state index in [1.165, 1.54) is 31.4 Å². The van der Waals surface area contributed by atoms with Gasteiger partial charge in [0.1, 0.15) is 26.5 Å². The first-order valence-electron chi connectivity index (χ1n) is 11.4. The molecule has 1 aromatic carbocycles. The third-order valence-corrected chi connectivity index (χ3v) is 8.01. The molecule has 4 aliphatic rings. The molecule has 0 amide bonds. The minimum atomic E-state index is -0.516. The number of nitrogens with two attached hydrogens (primary N) is 1. The molecule has 180 valence electrons. The minimum absolute atomic E-state index is 0.0506. The van der Waals surface area contributed by atoms with Crippen molar-refractivity contribution in [3.8, 4) is 5.75 Å². The first-order valence-corrected chi connectivity index (χ1v) is 12.2. The summed E-state index contributed by atoms with van der Waals surface area (Å²) in [6.45, 7) is 6.22. The number of piperidine rings is 1. The molecule has 0 aromatic heterocycles. The van der Waals surface area contributed by atoms with Crippen molar-refractivity contribution in [3.05, 3.63) is 53.1 Å². The van der Waals surface area contributed by atoms with Crippen LogP contribution in [0.3, 0.4) is 0 Å². The summed E-state index contributed by atoms with van der Waals surface area (Å²) in [4.78, 5) is 14.9. The maximum absolute atomic E-state index is 15.7. The molecule has 1 aromatic rings. The lowest BCUT2D eigenvalue weighted by Gasteiger charge is -2.33. The molecule has 6 nitrogen and oxygen atoms in total. The Morgan fingerprint density at radius 1 is 1.41 bits per heavy atom. The third-order valence-electron chi connectivity index (χ3n) is 6.73. The Bertz CT molecular complexity index is 1580. The van der Waals surface area contributed by atoms with E-state index in [4.69, 9.17) is 10.5 Å². The topological polar surface area (TPSA) is 80.7 Å². The average molecular weight is 488 g/mol. The molecule has 0 unspecified atom stereocenters. The number of fused-ring (bicyclic) bond motifs is 1. The number of anilines is 1. The van der Waals surface area contributed by atoms with Crippen LogP contribution < -0.4 is 30.6 Å². The zero-order chi connectivity index (χ0) is 24.3. The van der Waals surface area contributed by atoms with E-state index in [-0.39, 0.29) is 46.4 Å². The van der Waals surface area contributed by atoms with Crippen molar-refractivity contribution < 1.29 is 18.6 Å². The summed E-state index contributed by atoms with van der Waals surface area (Å²) >= 11 is 1.22. The number of benzene rings is 1. The van der Waals surface area contributed by atoms with Crippen LogP contribution in [0.1, 0.15) is 38.6 Å². The predicted octanol–water partition coefficient (Wildman–Crippen LogP) is 3.15. The van der Waals surface area contributed by atoms with Crippen LogP contribution in [0.4, 0.5) is 14.5 Å². The zero-order valence-electron chi connectivity index (χ0n) is 19.2. The highest BCUT2D eigenvalue weighted by molar-refractivity contribution is 7.07. The van der Waals surface area contributed by atoms with Crippen molar-refractivity contribution in [2.45, 2.75) is 38.6 Å². The number of halogens is 2. The molecule has 34 heavy (non-hydrogen) atoms. The predicted molar refractivity (Wildman–Crippen MR) is 131 cm³/mol. The summed E-state index contributed by atoms with van der Waals surface area (Å²) in [6.07, 6.45) is 3.10. The molecule has 1 saturated carbocycles. The van der Waals surface area contributed by atoms with E-state index >= 15 is 4.39 Å². The Hall–Kier alpha value is -2.91. The van der Waals surface area contributed by atoms with Gasteiger partial charge in [0.05, 0.1) is 17.8 Å². The van der Waals surface area contributed by atoms with E-state index in [2.05, 4.69) is 6.58 Å². The van der Waals surface area contributed by atoms with Crippen molar-refractivity contribution in [2.75, 3.05) is 31.6 Å². The maximum Gasteiger partial charge on any atom is 0.209 e.